The highest BCUT2D eigenvalue weighted by Gasteiger charge is 2.23. The fourth-order valence-electron chi connectivity index (χ4n) is 2.26. The number of nitrogens with zero attached hydrogens (tertiary/aromatic N) is 2. The van der Waals surface area contributed by atoms with Crippen LogP contribution in [0.4, 0.5) is 0 Å². The zero-order valence-corrected chi connectivity index (χ0v) is 10.8. The van der Waals surface area contributed by atoms with Crippen LogP contribution in [0.2, 0.25) is 0 Å². The van der Waals surface area contributed by atoms with E-state index in [1.807, 2.05) is 24.0 Å². The van der Waals surface area contributed by atoms with E-state index in [9.17, 15) is 0 Å². The van der Waals surface area contributed by atoms with E-state index in [2.05, 4.69) is 34.6 Å². The van der Waals surface area contributed by atoms with Gasteiger partial charge in [0, 0.05) is 26.0 Å². The van der Waals surface area contributed by atoms with Gasteiger partial charge in [0.05, 0.1) is 6.54 Å². The van der Waals surface area contributed by atoms with Gasteiger partial charge >= 0.3 is 0 Å². The first-order chi connectivity index (χ1) is 8.83. The smallest absolute Gasteiger partial charge is 0.122 e. The maximum absolute atomic E-state index is 4.30. The van der Waals surface area contributed by atoms with Crippen LogP contribution in [0, 0.1) is 0 Å². The first-order valence-electron chi connectivity index (χ1n) is 6.58. The molecule has 0 amide bonds. The summed E-state index contributed by atoms with van der Waals surface area (Å²) in [7, 11) is 2.03. The van der Waals surface area contributed by atoms with E-state index in [0.717, 1.165) is 24.8 Å². The molecule has 0 bridgehead atoms. The molecular weight excluding hydrogens is 222 g/mol. The van der Waals surface area contributed by atoms with Gasteiger partial charge in [-0.3, -0.25) is 0 Å². The first-order valence-corrected chi connectivity index (χ1v) is 6.58. The summed E-state index contributed by atoms with van der Waals surface area (Å²) in [6.07, 6.45) is 6.55. The van der Waals surface area contributed by atoms with Crippen LogP contribution in [0.1, 0.15) is 35.7 Å². The van der Waals surface area contributed by atoms with Crippen LogP contribution in [-0.2, 0) is 20.1 Å². The summed E-state index contributed by atoms with van der Waals surface area (Å²) in [6.45, 7) is 1.73. The highest BCUT2D eigenvalue weighted by molar-refractivity contribution is 5.29. The predicted octanol–water partition coefficient (Wildman–Crippen LogP) is 2.59. The molecule has 1 N–H and O–H groups in total. The van der Waals surface area contributed by atoms with Gasteiger partial charge in [-0.15, -0.1) is 0 Å². The maximum Gasteiger partial charge on any atom is 0.122 e. The number of hydrogen-bond acceptors (Lipinski definition) is 2. The summed E-state index contributed by atoms with van der Waals surface area (Å²) in [6, 6.07) is 8.95. The van der Waals surface area contributed by atoms with Gasteiger partial charge in [-0.1, -0.05) is 24.3 Å². The Morgan fingerprint density at radius 3 is 2.94 bits per heavy atom. The molecule has 3 rings (SSSR count). The number of hydrogen-bond donors (Lipinski definition) is 1. The summed E-state index contributed by atoms with van der Waals surface area (Å²) in [5.74, 6) is 1.91. The van der Waals surface area contributed by atoms with Crippen LogP contribution in [0.5, 0.6) is 0 Å². The first kappa shape index (κ1) is 11.5. The van der Waals surface area contributed by atoms with Gasteiger partial charge < -0.3 is 9.88 Å². The Morgan fingerprint density at radius 1 is 1.33 bits per heavy atom. The van der Waals surface area contributed by atoms with Crippen molar-refractivity contribution in [2.45, 2.75) is 31.8 Å². The standard InChI is InChI=1S/C15H19N3/c1-18-8-7-17-15(18)11-16-10-12-3-2-4-14(9-12)13-5-6-13/h2-4,7-9,13,16H,5-6,10-11H2,1H3. The molecule has 0 radical (unpaired) electrons. The van der Waals surface area contributed by atoms with Gasteiger partial charge in [-0.05, 0) is 29.9 Å². The molecule has 18 heavy (non-hydrogen) atoms. The molecule has 1 saturated carbocycles. The van der Waals surface area contributed by atoms with Crippen LogP contribution < -0.4 is 5.32 Å². The minimum Gasteiger partial charge on any atom is -0.337 e. The van der Waals surface area contributed by atoms with Crippen molar-refractivity contribution in [1.82, 2.24) is 14.9 Å². The highest BCUT2D eigenvalue weighted by Crippen LogP contribution is 2.40. The molecule has 94 valence electrons. The summed E-state index contributed by atoms with van der Waals surface area (Å²) >= 11 is 0. The second-order valence-electron chi connectivity index (χ2n) is 5.08. The Balaban J connectivity index is 1.56. The third-order valence-corrected chi connectivity index (χ3v) is 3.53. The van der Waals surface area contributed by atoms with Crippen molar-refractivity contribution in [3.63, 3.8) is 0 Å². The summed E-state index contributed by atoms with van der Waals surface area (Å²) in [5.41, 5.74) is 2.87. The Labute approximate surface area is 108 Å². The normalized spacial score (nSPS) is 14.9. The average Bonchev–Trinajstić information content (AvgIpc) is 3.15. The molecule has 0 aliphatic heterocycles. The van der Waals surface area contributed by atoms with Crippen LogP contribution in [0.3, 0.4) is 0 Å². The molecule has 1 aliphatic carbocycles. The van der Waals surface area contributed by atoms with E-state index in [1.165, 1.54) is 24.0 Å². The van der Waals surface area contributed by atoms with Crippen molar-refractivity contribution < 1.29 is 0 Å². The summed E-state index contributed by atoms with van der Waals surface area (Å²) < 4.78 is 2.05. The average molecular weight is 241 g/mol. The maximum atomic E-state index is 4.30. The number of aromatic nitrogens is 2. The minimum atomic E-state index is 0.817. The summed E-state index contributed by atoms with van der Waals surface area (Å²) in [4.78, 5) is 4.30. The minimum absolute atomic E-state index is 0.817. The second kappa shape index (κ2) is 4.94. The zero-order chi connectivity index (χ0) is 12.4. The van der Waals surface area contributed by atoms with Gasteiger partial charge in [-0.2, -0.15) is 0 Å². The molecule has 1 fully saturated rings. The molecule has 1 aromatic heterocycles. The van der Waals surface area contributed by atoms with Crippen molar-refractivity contribution in [2.75, 3.05) is 0 Å². The molecule has 0 spiro atoms. The van der Waals surface area contributed by atoms with Crippen LogP contribution in [0.15, 0.2) is 36.7 Å². The number of benzene rings is 1. The Morgan fingerprint density at radius 2 is 2.22 bits per heavy atom. The lowest BCUT2D eigenvalue weighted by Crippen LogP contribution is -2.15. The fourth-order valence-corrected chi connectivity index (χ4v) is 2.26. The number of aryl methyl sites for hydroxylation is 1. The fraction of sp³-hybridized carbons (Fsp3) is 0.400. The number of imidazole rings is 1. The molecule has 3 heteroatoms. The van der Waals surface area contributed by atoms with Crippen molar-refractivity contribution in [2.24, 2.45) is 7.05 Å². The van der Waals surface area contributed by atoms with Gasteiger partial charge in [-0.25, -0.2) is 4.98 Å². The third kappa shape index (κ3) is 2.62. The van der Waals surface area contributed by atoms with Crippen LogP contribution in [-0.4, -0.2) is 9.55 Å². The molecule has 2 aromatic rings. The van der Waals surface area contributed by atoms with E-state index in [4.69, 9.17) is 0 Å². The zero-order valence-electron chi connectivity index (χ0n) is 10.8. The predicted molar refractivity (Wildman–Crippen MR) is 72.2 cm³/mol. The summed E-state index contributed by atoms with van der Waals surface area (Å²) in [5, 5.41) is 3.45. The second-order valence-corrected chi connectivity index (χ2v) is 5.08. The van der Waals surface area contributed by atoms with E-state index in [-0.39, 0.29) is 0 Å². The molecule has 1 aliphatic rings. The Bertz CT molecular complexity index is 526. The molecule has 0 unspecified atom stereocenters. The number of nitrogens with one attached hydrogen (secondary N) is 1. The van der Waals surface area contributed by atoms with Crippen LogP contribution in [0.25, 0.3) is 0 Å². The molecule has 1 aromatic carbocycles. The largest absolute Gasteiger partial charge is 0.337 e. The van der Waals surface area contributed by atoms with Gasteiger partial charge in [0.15, 0.2) is 0 Å². The third-order valence-electron chi connectivity index (χ3n) is 3.53. The molecule has 0 saturated heterocycles. The SMILES string of the molecule is Cn1ccnc1CNCc1cccc(C2CC2)c1. The molecule has 1 heterocycles. The lowest BCUT2D eigenvalue weighted by molar-refractivity contribution is 0.638. The highest BCUT2D eigenvalue weighted by atomic mass is 15.1. The van der Waals surface area contributed by atoms with Crippen molar-refractivity contribution >= 4 is 0 Å². The Kier molecular flexibility index (Phi) is 3.15. The van der Waals surface area contributed by atoms with Crippen molar-refractivity contribution in [1.29, 1.82) is 0 Å². The van der Waals surface area contributed by atoms with Gasteiger partial charge in [0.2, 0.25) is 0 Å². The van der Waals surface area contributed by atoms with Gasteiger partial charge in [0.1, 0.15) is 5.82 Å². The molecule has 0 atom stereocenters. The number of rotatable bonds is 5. The van der Waals surface area contributed by atoms with E-state index in [0.29, 0.717) is 0 Å². The quantitative estimate of drug-likeness (QED) is 0.872. The van der Waals surface area contributed by atoms with Crippen molar-refractivity contribution in [3.05, 3.63) is 53.6 Å². The van der Waals surface area contributed by atoms with Crippen LogP contribution >= 0.6 is 0 Å². The Hall–Kier alpha value is -1.61. The lowest BCUT2D eigenvalue weighted by Gasteiger charge is -2.07. The lowest BCUT2D eigenvalue weighted by atomic mass is 10.1. The van der Waals surface area contributed by atoms with E-state index in [1.54, 1.807) is 0 Å². The van der Waals surface area contributed by atoms with E-state index >= 15 is 0 Å². The van der Waals surface area contributed by atoms with Gasteiger partial charge in [0.25, 0.3) is 0 Å². The van der Waals surface area contributed by atoms with Crippen molar-refractivity contribution in [3.8, 4) is 0 Å². The topological polar surface area (TPSA) is 29.9 Å². The van der Waals surface area contributed by atoms with E-state index < -0.39 is 0 Å². The molecule has 3 nitrogen and oxygen atoms in total. The monoisotopic (exact) mass is 241 g/mol. The molecular formula is C15H19N3.